The summed E-state index contributed by atoms with van der Waals surface area (Å²) in [5, 5.41) is 6.41. The summed E-state index contributed by atoms with van der Waals surface area (Å²) in [5.41, 5.74) is 0. The third kappa shape index (κ3) is 12.5. The fourth-order valence-corrected chi connectivity index (χ4v) is 2.85. The molecule has 0 amide bonds. The Morgan fingerprint density at radius 1 is 1.29 bits per heavy atom. The van der Waals surface area contributed by atoms with Crippen molar-refractivity contribution in [3.63, 3.8) is 0 Å². The van der Waals surface area contributed by atoms with Crippen LogP contribution in [0.15, 0.2) is 4.99 Å². The zero-order chi connectivity index (χ0) is 15.4. The minimum atomic E-state index is -3.09. The number of hydrogen-bond acceptors (Lipinski definition) is 4. The third-order valence-corrected chi connectivity index (χ3v) is 4.59. The third-order valence-electron chi connectivity index (χ3n) is 2.60. The highest BCUT2D eigenvalue weighted by Crippen LogP contribution is 1.99. The van der Waals surface area contributed by atoms with E-state index >= 15 is 0 Å². The molecule has 0 aromatic carbocycles. The Kier molecular flexibility index (Phi) is 15.6. The van der Waals surface area contributed by atoms with E-state index in [-0.39, 0.29) is 24.0 Å². The van der Waals surface area contributed by atoms with Gasteiger partial charge in [-0.3, -0.25) is 4.99 Å². The molecule has 0 fully saturated rings. The van der Waals surface area contributed by atoms with E-state index < -0.39 is 10.0 Å². The molecule has 0 unspecified atom stereocenters. The highest BCUT2D eigenvalue weighted by molar-refractivity contribution is 14.0. The smallest absolute Gasteiger partial charge is 0.211 e. The first-order valence-corrected chi connectivity index (χ1v) is 10.2. The molecular formula is C12H29IN4O2S2. The van der Waals surface area contributed by atoms with Crippen molar-refractivity contribution < 1.29 is 8.42 Å². The monoisotopic (exact) mass is 452 g/mol. The van der Waals surface area contributed by atoms with Gasteiger partial charge in [0.25, 0.3) is 0 Å². The second-order valence-electron chi connectivity index (χ2n) is 4.29. The lowest BCUT2D eigenvalue weighted by atomic mass is 10.4. The van der Waals surface area contributed by atoms with Gasteiger partial charge in [0, 0.05) is 38.5 Å². The molecule has 0 spiro atoms. The van der Waals surface area contributed by atoms with Crippen molar-refractivity contribution in [3.8, 4) is 0 Å². The van der Waals surface area contributed by atoms with Gasteiger partial charge in [-0.1, -0.05) is 6.92 Å². The predicted molar refractivity (Wildman–Crippen MR) is 104 cm³/mol. The van der Waals surface area contributed by atoms with E-state index in [1.165, 1.54) is 10.6 Å². The summed E-state index contributed by atoms with van der Waals surface area (Å²) in [6.07, 6.45) is 4.03. The average molecular weight is 452 g/mol. The van der Waals surface area contributed by atoms with Gasteiger partial charge in [-0.25, -0.2) is 12.7 Å². The van der Waals surface area contributed by atoms with Crippen LogP contribution in [0.2, 0.25) is 0 Å². The molecule has 0 saturated heterocycles. The number of rotatable bonds is 10. The normalized spacial score (nSPS) is 12.1. The average Bonchev–Trinajstić information content (AvgIpc) is 2.37. The fraction of sp³-hybridized carbons (Fsp3) is 0.917. The summed E-state index contributed by atoms with van der Waals surface area (Å²) >= 11 is 1.78. The van der Waals surface area contributed by atoms with E-state index in [4.69, 9.17) is 0 Å². The van der Waals surface area contributed by atoms with Crippen LogP contribution < -0.4 is 10.6 Å². The number of hydrogen-bond donors (Lipinski definition) is 2. The molecule has 6 nitrogen and oxygen atoms in total. The Labute approximate surface area is 151 Å². The molecule has 0 aliphatic rings. The lowest BCUT2D eigenvalue weighted by molar-refractivity contribution is 0.427. The zero-order valence-electron chi connectivity index (χ0n) is 13.4. The van der Waals surface area contributed by atoms with E-state index in [1.54, 1.807) is 11.8 Å². The van der Waals surface area contributed by atoms with Crippen molar-refractivity contribution in [1.82, 2.24) is 14.9 Å². The molecule has 0 atom stereocenters. The molecule has 0 aromatic heterocycles. The Morgan fingerprint density at radius 3 is 2.43 bits per heavy atom. The van der Waals surface area contributed by atoms with Crippen molar-refractivity contribution in [2.75, 3.05) is 51.0 Å². The molecule has 0 saturated carbocycles. The Balaban J connectivity index is 0. The van der Waals surface area contributed by atoms with Gasteiger partial charge in [0.1, 0.15) is 0 Å². The molecule has 0 aromatic rings. The zero-order valence-corrected chi connectivity index (χ0v) is 17.3. The molecule has 0 rings (SSSR count). The van der Waals surface area contributed by atoms with Crippen molar-refractivity contribution >= 4 is 51.7 Å². The first kappa shape index (κ1) is 23.5. The molecule has 2 N–H and O–H groups in total. The van der Waals surface area contributed by atoms with Gasteiger partial charge in [-0.05, 0) is 19.6 Å². The van der Waals surface area contributed by atoms with Crippen LogP contribution in [0, 0.1) is 0 Å². The number of guanidine groups is 1. The SMILES string of the molecule is CCNC(=NCCCN(CC)S(C)(=O)=O)NCCSC.I. The Hall–Kier alpha value is 0.260. The maximum atomic E-state index is 11.4. The van der Waals surface area contributed by atoms with E-state index in [9.17, 15) is 8.42 Å². The topological polar surface area (TPSA) is 73.8 Å². The highest BCUT2D eigenvalue weighted by Gasteiger charge is 2.12. The van der Waals surface area contributed by atoms with Crippen LogP contribution in [0.1, 0.15) is 20.3 Å². The Bertz CT molecular complexity index is 377. The van der Waals surface area contributed by atoms with Gasteiger partial charge < -0.3 is 10.6 Å². The summed E-state index contributed by atoms with van der Waals surface area (Å²) in [5.74, 6) is 1.83. The summed E-state index contributed by atoms with van der Waals surface area (Å²) in [4.78, 5) is 4.44. The van der Waals surface area contributed by atoms with Crippen LogP contribution in [0.5, 0.6) is 0 Å². The quantitative estimate of drug-likeness (QED) is 0.226. The minimum Gasteiger partial charge on any atom is -0.357 e. The van der Waals surface area contributed by atoms with Crippen LogP contribution in [0.25, 0.3) is 0 Å². The van der Waals surface area contributed by atoms with E-state index in [0.29, 0.717) is 19.6 Å². The standard InChI is InChI=1S/C12H28N4O2S2.HI/c1-5-13-12(15-9-11-19-3)14-8-7-10-16(6-2)20(4,17)18;/h5-11H2,1-4H3,(H2,13,14,15);1H. The van der Waals surface area contributed by atoms with E-state index in [2.05, 4.69) is 21.9 Å². The molecule has 0 radical (unpaired) electrons. The number of nitrogens with one attached hydrogen (secondary N) is 2. The number of nitrogens with zero attached hydrogens (tertiary/aromatic N) is 2. The number of halogens is 1. The van der Waals surface area contributed by atoms with Crippen molar-refractivity contribution in [2.45, 2.75) is 20.3 Å². The van der Waals surface area contributed by atoms with Crippen molar-refractivity contribution in [3.05, 3.63) is 0 Å². The molecule has 9 heteroatoms. The minimum absolute atomic E-state index is 0. The summed E-state index contributed by atoms with van der Waals surface area (Å²) < 4.78 is 24.3. The molecule has 21 heavy (non-hydrogen) atoms. The summed E-state index contributed by atoms with van der Waals surface area (Å²) in [6, 6.07) is 0. The number of aliphatic imine (C=N–C) groups is 1. The van der Waals surface area contributed by atoms with Crippen LogP contribution >= 0.6 is 35.7 Å². The van der Waals surface area contributed by atoms with E-state index in [1.807, 2.05) is 13.8 Å². The van der Waals surface area contributed by atoms with Crippen LogP contribution in [0.4, 0.5) is 0 Å². The molecule has 0 aliphatic carbocycles. The van der Waals surface area contributed by atoms with Gasteiger partial charge in [0.15, 0.2) is 5.96 Å². The summed E-state index contributed by atoms with van der Waals surface area (Å²) in [6.45, 7) is 7.19. The maximum Gasteiger partial charge on any atom is 0.211 e. The lowest BCUT2D eigenvalue weighted by Crippen LogP contribution is -2.38. The molecule has 0 bridgehead atoms. The number of thioether (sulfide) groups is 1. The second kappa shape index (κ2) is 13.9. The van der Waals surface area contributed by atoms with Crippen molar-refractivity contribution in [2.24, 2.45) is 4.99 Å². The lowest BCUT2D eigenvalue weighted by Gasteiger charge is -2.17. The maximum absolute atomic E-state index is 11.4. The van der Waals surface area contributed by atoms with Crippen LogP contribution in [0.3, 0.4) is 0 Å². The van der Waals surface area contributed by atoms with E-state index in [0.717, 1.165) is 31.2 Å². The molecule has 128 valence electrons. The molecule has 0 aliphatic heterocycles. The largest absolute Gasteiger partial charge is 0.357 e. The van der Waals surface area contributed by atoms with Gasteiger partial charge in [0.2, 0.25) is 10.0 Å². The van der Waals surface area contributed by atoms with Crippen LogP contribution in [-0.2, 0) is 10.0 Å². The van der Waals surface area contributed by atoms with Crippen LogP contribution in [-0.4, -0.2) is 69.7 Å². The Morgan fingerprint density at radius 2 is 1.95 bits per heavy atom. The highest BCUT2D eigenvalue weighted by atomic mass is 127. The number of sulfonamides is 1. The van der Waals surface area contributed by atoms with Gasteiger partial charge >= 0.3 is 0 Å². The van der Waals surface area contributed by atoms with Crippen molar-refractivity contribution in [1.29, 1.82) is 0 Å². The van der Waals surface area contributed by atoms with Gasteiger partial charge in [0.05, 0.1) is 6.26 Å². The molecule has 0 heterocycles. The predicted octanol–water partition coefficient (Wildman–Crippen LogP) is 1.19. The first-order valence-electron chi connectivity index (χ1n) is 6.91. The fourth-order valence-electron chi connectivity index (χ4n) is 1.61. The summed E-state index contributed by atoms with van der Waals surface area (Å²) in [7, 11) is -3.09. The first-order chi connectivity index (χ1) is 9.45. The molecular weight excluding hydrogens is 423 g/mol. The van der Waals surface area contributed by atoms with Gasteiger partial charge in [-0.2, -0.15) is 11.8 Å². The van der Waals surface area contributed by atoms with Gasteiger partial charge in [-0.15, -0.1) is 24.0 Å². The second-order valence-corrected chi connectivity index (χ2v) is 7.26.